The van der Waals surface area contributed by atoms with E-state index in [2.05, 4.69) is 15.9 Å². The number of rotatable bonds is 3. The minimum absolute atomic E-state index is 0.0136. The molecule has 0 spiro atoms. The lowest BCUT2D eigenvalue weighted by molar-refractivity contribution is -0.123. The normalized spacial score (nSPS) is 26.1. The van der Waals surface area contributed by atoms with Crippen molar-refractivity contribution in [1.29, 1.82) is 0 Å². The van der Waals surface area contributed by atoms with E-state index in [1.54, 1.807) is 12.1 Å². The fourth-order valence-electron chi connectivity index (χ4n) is 6.38. The Labute approximate surface area is 229 Å². The highest BCUT2D eigenvalue weighted by atomic mass is 79.9. The molecule has 1 fully saturated rings. The van der Waals surface area contributed by atoms with Crippen molar-refractivity contribution in [1.82, 2.24) is 0 Å². The standard InChI is InChI=1S/C29H20BrNO8/c30-20-11-22(34)25-19(26(20)35)10-18-15(23(25)12-2-1-3-14(32)8-12)6-7-17-24(18)28(37)31(27(17)36)13-4-5-16(29(38)39)21(33)9-13/h1-6,8-9,11,17-18,23-24,32-33H,7,10H2,(H,38,39). The van der Waals surface area contributed by atoms with Crippen molar-refractivity contribution in [3.8, 4) is 11.5 Å². The number of halogens is 1. The van der Waals surface area contributed by atoms with E-state index >= 15 is 0 Å². The van der Waals surface area contributed by atoms with Crippen molar-refractivity contribution in [2.75, 3.05) is 4.90 Å². The number of aromatic carboxylic acids is 1. The lowest BCUT2D eigenvalue weighted by Gasteiger charge is -2.42. The van der Waals surface area contributed by atoms with Crippen LogP contribution in [0.25, 0.3) is 0 Å². The summed E-state index contributed by atoms with van der Waals surface area (Å²) < 4.78 is 0.116. The predicted octanol–water partition coefficient (Wildman–Crippen LogP) is 3.76. The summed E-state index contributed by atoms with van der Waals surface area (Å²) in [6.45, 7) is 0. The van der Waals surface area contributed by atoms with Crippen LogP contribution in [0.5, 0.6) is 11.5 Å². The lowest BCUT2D eigenvalue weighted by atomic mass is 9.59. The Balaban J connectivity index is 1.46. The number of carbonyl (C=O) groups excluding carboxylic acids is 4. The molecular formula is C29H20BrNO8. The molecule has 4 aliphatic rings. The molecule has 2 amide bonds. The number of carboxylic acid groups (broad SMARTS) is 1. The first-order chi connectivity index (χ1) is 18.6. The zero-order valence-corrected chi connectivity index (χ0v) is 21.7. The van der Waals surface area contributed by atoms with Crippen LogP contribution >= 0.6 is 15.9 Å². The second-order valence-electron chi connectivity index (χ2n) is 10.0. The van der Waals surface area contributed by atoms with E-state index in [0.717, 1.165) is 22.6 Å². The summed E-state index contributed by atoms with van der Waals surface area (Å²) in [5.41, 5.74) is 1.59. The molecule has 0 aromatic heterocycles. The second kappa shape index (κ2) is 8.88. The van der Waals surface area contributed by atoms with E-state index in [0.29, 0.717) is 11.1 Å². The Hall–Kier alpha value is -4.31. The highest BCUT2D eigenvalue weighted by Gasteiger charge is 2.56. The molecule has 1 aliphatic heterocycles. The van der Waals surface area contributed by atoms with E-state index in [4.69, 9.17) is 0 Å². The van der Waals surface area contributed by atoms with Gasteiger partial charge in [-0.2, -0.15) is 0 Å². The van der Waals surface area contributed by atoms with E-state index in [-0.39, 0.29) is 51.5 Å². The van der Waals surface area contributed by atoms with E-state index < -0.39 is 47.2 Å². The number of Topliss-reactive ketones (excluding diaryl/α,β-unsaturated/α-hetero) is 1. The molecule has 10 heteroatoms. The van der Waals surface area contributed by atoms with Crippen LogP contribution < -0.4 is 4.90 Å². The van der Waals surface area contributed by atoms with Crippen molar-refractivity contribution in [3.05, 3.63) is 86.9 Å². The summed E-state index contributed by atoms with van der Waals surface area (Å²) in [4.78, 5) is 66.1. The number of nitrogens with zero attached hydrogens (tertiary/aromatic N) is 1. The Morgan fingerprint density at radius 3 is 2.44 bits per heavy atom. The second-order valence-corrected chi connectivity index (χ2v) is 10.9. The van der Waals surface area contributed by atoms with Gasteiger partial charge in [-0.25, -0.2) is 9.69 Å². The molecule has 6 rings (SSSR count). The van der Waals surface area contributed by atoms with E-state index in [9.17, 15) is 39.3 Å². The van der Waals surface area contributed by atoms with Gasteiger partial charge < -0.3 is 15.3 Å². The van der Waals surface area contributed by atoms with Gasteiger partial charge in [0.15, 0.2) is 11.6 Å². The average Bonchev–Trinajstić information content (AvgIpc) is 3.15. The highest BCUT2D eigenvalue weighted by molar-refractivity contribution is 9.12. The summed E-state index contributed by atoms with van der Waals surface area (Å²) in [6, 6.07) is 9.91. The third kappa shape index (κ3) is 3.69. The molecule has 9 nitrogen and oxygen atoms in total. The average molecular weight is 590 g/mol. The van der Waals surface area contributed by atoms with Crippen molar-refractivity contribution < 1.29 is 39.3 Å². The minimum atomic E-state index is -1.35. The van der Waals surface area contributed by atoms with Gasteiger partial charge in [0.25, 0.3) is 0 Å². The van der Waals surface area contributed by atoms with Gasteiger partial charge >= 0.3 is 5.97 Å². The Morgan fingerprint density at radius 2 is 1.74 bits per heavy atom. The number of phenolic OH excluding ortho intramolecular Hbond substituents is 1. The number of hydrogen-bond donors (Lipinski definition) is 3. The molecule has 1 saturated heterocycles. The molecule has 0 radical (unpaired) electrons. The fourth-order valence-corrected chi connectivity index (χ4v) is 6.83. The molecule has 0 saturated carbocycles. The van der Waals surface area contributed by atoms with E-state index in [1.807, 2.05) is 6.08 Å². The quantitative estimate of drug-likeness (QED) is 0.278. The van der Waals surface area contributed by atoms with Gasteiger partial charge in [0, 0.05) is 29.2 Å². The van der Waals surface area contributed by atoms with E-state index in [1.165, 1.54) is 24.3 Å². The summed E-state index contributed by atoms with van der Waals surface area (Å²) in [6.07, 6.45) is 3.40. The monoisotopic (exact) mass is 589 g/mol. The van der Waals surface area contributed by atoms with Crippen LogP contribution in [0.4, 0.5) is 5.69 Å². The molecule has 4 atom stereocenters. The van der Waals surface area contributed by atoms with Gasteiger partial charge in [0.1, 0.15) is 17.1 Å². The number of amides is 2. The van der Waals surface area contributed by atoms with Crippen LogP contribution in [0.15, 0.2) is 75.8 Å². The van der Waals surface area contributed by atoms with Crippen LogP contribution in [0.1, 0.15) is 34.7 Å². The number of fused-ring (bicyclic) bond motifs is 3. The minimum Gasteiger partial charge on any atom is -0.508 e. The number of ketones is 2. The van der Waals surface area contributed by atoms with Crippen molar-refractivity contribution in [2.45, 2.75) is 18.8 Å². The Kier molecular flexibility index (Phi) is 5.69. The maximum absolute atomic E-state index is 13.9. The molecule has 196 valence electrons. The number of anilines is 1. The van der Waals surface area contributed by atoms with Gasteiger partial charge in [0.05, 0.1) is 22.0 Å². The van der Waals surface area contributed by atoms with Crippen molar-refractivity contribution in [3.63, 3.8) is 0 Å². The first-order valence-electron chi connectivity index (χ1n) is 12.2. The number of hydrogen-bond acceptors (Lipinski definition) is 7. The first kappa shape index (κ1) is 25.0. The third-order valence-electron chi connectivity index (χ3n) is 8.00. The summed E-state index contributed by atoms with van der Waals surface area (Å²) in [7, 11) is 0. The van der Waals surface area contributed by atoms with Crippen molar-refractivity contribution >= 4 is 51.0 Å². The molecule has 4 unspecified atom stereocenters. The number of allylic oxidation sites excluding steroid dienone is 6. The van der Waals surface area contributed by atoms with Crippen LogP contribution in [0.2, 0.25) is 0 Å². The van der Waals surface area contributed by atoms with Gasteiger partial charge in [-0.15, -0.1) is 0 Å². The Morgan fingerprint density at radius 1 is 0.974 bits per heavy atom. The molecule has 39 heavy (non-hydrogen) atoms. The van der Waals surface area contributed by atoms with Crippen LogP contribution in [0.3, 0.4) is 0 Å². The number of carbonyl (C=O) groups is 5. The summed E-state index contributed by atoms with van der Waals surface area (Å²) in [5.74, 6) is -6.46. The maximum Gasteiger partial charge on any atom is 0.339 e. The molecule has 3 N–H and O–H groups in total. The zero-order chi connectivity index (χ0) is 27.7. The van der Waals surface area contributed by atoms with Crippen molar-refractivity contribution in [2.24, 2.45) is 17.8 Å². The third-order valence-corrected chi connectivity index (χ3v) is 8.59. The fraction of sp³-hybridized carbons (Fsp3) is 0.207. The summed E-state index contributed by atoms with van der Waals surface area (Å²) in [5, 5.41) is 29.6. The van der Waals surface area contributed by atoms with Crippen LogP contribution in [-0.4, -0.2) is 44.7 Å². The van der Waals surface area contributed by atoms with Crippen LogP contribution in [-0.2, 0) is 19.2 Å². The largest absolute Gasteiger partial charge is 0.508 e. The Bertz CT molecular complexity index is 1630. The van der Waals surface area contributed by atoms with Gasteiger partial charge in [-0.1, -0.05) is 23.8 Å². The molecule has 0 bridgehead atoms. The first-order valence-corrected chi connectivity index (χ1v) is 13.0. The topological polar surface area (TPSA) is 149 Å². The van der Waals surface area contributed by atoms with Crippen LogP contribution in [0, 0.1) is 17.8 Å². The molecule has 3 aliphatic carbocycles. The van der Waals surface area contributed by atoms with Gasteiger partial charge in [-0.05, 0) is 64.5 Å². The molecule has 1 heterocycles. The predicted molar refractivity (Wildman–Crippen MR) is 140 cm³/mol. The number of carboxylic acids is 1. The number of imide groups is 1. The molecule has 2 aromatic carbocycles. The lowest BCUT2D eigenvalue weighted by Crippen LogP contribution is -2.39. The molecule has 2 aromatic rings. The van der Waals surface area contributed by atoms with Gasteiger partial charge in [0.2, 0.25) is 11.8 Å². The summed E-state index contributed by atoms with van der Waals surface area (Å²) >= 11 is 3.18. The van der Waals surface area contributed by atoms with Gasteiger partial charge in [-0.3, -0.25) is 19.2 Å². The zero-order valence-electron chi connectivity index (χ0n) is 20.1. The molecular weight excluding hydrogens is 570 g/mol. The number of benzene rings is 2. The number of aromatic hydroxyl groups is 2. The smallest absolute Gasteiger partial charge is 0.339 e. The number of phenols is 2. The maximum atomic E-state index is 13.9. The highest BCUT2D eigenvalue weighted by Crippen LogP contribution is 2.55. The SMILES string of the molecule is O=C1C=C(Br)C(=O)C2=C1C(c1cccc(O)c1)C1=CCC3C(=O)N(c4ccc(C(=O)O)c(O)c4)C(=O)C3C1C2.